The van der Waals surface area contributed by atoms with E-state index in [1.807, 2.05) is 0 Å². The Balaban J connectivity index is 2.71. The molecule has 4 nitrogen and oxygen atoms in total. The van der Waals surface area contributed by atoms with Gasteiger partial charge in [0, 0.05) is 12.1 Å². The van der Waals surface area contributed by atoms with Gasteiger partial charge in [0.1, 0.15) is 6.23 Å². The number of rotatable bonds is 2. The topological polar surface area (TPSA) is 58.9 Å². The fraction of sp³-hybridized carbons (Fsp3) is 0.556. The van der Waals surface area contributed by atoms with Crippen LogP contribution >= 0.6 is 0 Å². The van der Waals surface area contributed by atoms with E-state index in [4.69, 9.17) is 9.84 Å². The van der Waals surface area contributed by atoms with Gasteiger partial charge in [0.25, 0.3) is 0 Å². The molecule has 1 atom stereocenters. The van der Waals surface area contributed by atoms with Crippen LogP contribution in [0.25, 0.3) is 0 Å². The largest absolute Gasteiger partial charge is 0.462 e. The molecule has 0 spiro atoms. The summed E-state index contributed by atoms with van der Waals surface area (Å²) in [7, 11) is 0. The first-order chi connectivity index (χ1) is 6.15. The van der Waals surface area contributed by atoms with Gasteiger partial charge in [-0.3, -0.25) is 4.99 Å². The van der Waals surface area contributed by atoms with Gasteiger partial charge in [-0.15, -0.1) is 0 Å². The number of carbonyl (C=O) groups excluding carboxylic acids is 1. The van der Waals surface area contributed by atoms with Crippen molar-refractivity contribution in [3.8, 4) is 0 Å². The lowest BCUT2D eigenvalue weighted by atomic mass is 10.1. The van der Waals surface area contributed by atoms with Crippen molar-refractivity contribution in [3.05, 3.63) is 11.6 Å². The number of aliphatic hydroxyl groups is 1. The molecular weight excluding hydrogens is 170 g/mol. The van der Waals surface area contributed by atoms with Gasteiger partial charge in [-0.1, -0.05) is 6.08 Å². The molecular formula is C9H13NO3. The maximum absolute atomic E-state index is 11.3. The van der Waals surface area contributed by atoms with Crippen molar-refractivity contribution in [2.24, 2.45) is 4.99 Å². The summed E-state index contributed by atoms with van der Waals surface area (Å²) >= 11 is 0. The maximum Gasteiger partial charge on any atom is 0.339 e. The van der Waals surface area contributed by atoms with E-state index in [1.165, 1.54) is 0 Å². The van der Waals surface area contributed by atoms with E-state index in [0.717, 1.165) is 0 Å². The molecule has 0 aromatic carbocycles. The third kappa shape index (κ3) is 2.39. The first kappa shape index (κ1) is 9.92. The fourth-order valence-electron chi connectivity index (χ4n) is 1.16. The molecule has 0 fully saturated rings. The Bertz CT molecular complexity index is 268. The number of dihydropyridines is 1. The third-order valence-electron chi connectivity index (χ3n) is 1.76. The predicted octanol–water partition coefficient (Wildman–Crippen LogP) is 0.659. The number of carbonyl (C=O) groups is 1. The molecule has 0 bridgehead atoms. The maximum atomic E-state index is 11.3. The lowest BCUT2D eigenvalue weighted by Crippen LogP contribution is -2.20. The second-order valence-corrected chi connectivity index (χ2v) is 2.77. The highest BCUT2D eigenvalue weighted by Crippen LogP contribution is 2.12. The third-order valence-corrected chi connectivity index (χ3v) is 1.76. The number of aliphatic hydroxyl groups excluding tert-OH is 1. The van der Waals surface area contributed by atoms with Crippen molar-refractivity contribution < 1.29 is 14.6 Å². The molecule has 1 aliphatic rings. The van der Waals surface area contributed by atoms with Crippen molar-refractivity contribution in [3.63, 3.8) is 0 Å². The van der Waals surface area contributed by atoms with Gasteiger partial charge < -0.3 is 9.84 Å². The van der Waals surface area contributed by atoms with Gasteiger partial charge in [0.2, 0.25) is 0 Å². The van der Waals surface area contributed by atoms with Gasteiger partial charge >= 0.3 is 5.97 Å². The fourth-order valence-corrected chi connectivity index (χ4v) is 1.16. The van der Waals surface area contributed by atoms with E-state index < -0.39 is 6.23 Å². The van der Waals surface area contributed by atoms with Crippen molar-refractivity contribution in [1.29, 1.82) is 0 Å². The van der Waals surface area contributed by atoms with Gasteiger partial charge in [-0.05, 0) is 13.8 Å². The summed E-state index contributed by atoms with van der Waals surface area (Å²) in [4.78, 5) is 15.1. The predicted molar refractivity (Wildman–Crippen MR) is 48.4 cm³/mol. The number of esters is 1. The Morgan fingerprint density at radius 1 is 1.85 bits per heavy atom. The van der Waals surface area contributed by atoms with Crippen LogP contribution in [-0.4, -0.2) is 29.6 Å². The summed E-state index contributed by atoms with van der Waals surface area (Å²) in [5, 5.41) is 9.12. The molecule has 1 unspecified atom stereocenters. The molecule has 0 radical (unpaired) electrons. The van der Waals surface area contributed by atoms with Crippen LogP contribution in [0.4, 0.5) is 0 Å². The molecule has 1 heterocycles. The Morgan fingerprint density at radius 2 is 2.54 bits per heavy atom. The molecule has 0 saturated heterocycles. The first-order valence-corrected chi connectivity index (χ1v) is 4.25. The summed E-state index contributed by atoms with van der Waals surface area (Å²) in [6.45, 7) is 3.79. The highest BCUT2D eigenvalue weighted by atomic mass is 16.5. The normalized spacial score (nSPS) is 21.9. The van der Waals surface area contributed by atoms with E-state index >= 15 is 0 Å². The highest BCUT2D eigenvalue weighted by Gasteiger charge is 2.18. The van der Waals surface area contributed by atoms with Gasteiger partial charge in [-0.2, -0.15) is 0 Å². The van der Waals surface area contributed by atoms with Crippen LogP contribution in [0, 0.1) is 0 Å². The Kier molecular flexibility index (Phi) is 3.19. The molecule has 0 aliphatic carbocycles. The lowest BCUT2D eigenvalue weighted by molar-refractivity contribution is -0.137. The molecule has 0 aromatic heterocycles. The lowest BCUT2D eigenvalue weighted by Gasteiger charge is -2.13. The Labute approximate surface area is 76.9 Å². The molecule has 1 N–H and O–H groups in total. The number of ether oxygens (including phenoxy) is 1. The Hall–Kier alpha value is -1.16. The van der Waals surface area contributed by atoms with Crippen LogP contribution in [0.15, 0.2) is 16.6 Å². The van der Waals surface area contributed by atoms with E-state index in [9.17, 15) is 4.79 Å². The van der Waals surface area contributed by atoms with Crippen molar-refractivity contribution in [2.45, 2.75) is 26.5 Å². The summed E-state index contributed by atoms with van der Waals surface area (Å²) in [5.74, 6) is -0.365. The molecule has 1 aliphatic heterocycles. The first-order valence-electron chi connectivity index (χ1n) is 4.25. The van der Waals surface area contributed by atoms with Crippen molar-refractivity contribution >= 4 is 11.7 Å². The van der Waals surface area contributed by atoms with Crippen molar-refractivity contribution in [2.75, 3.05) is 6.61 Å². The number of nitrogens with zero attached hydrogens (tertiary/aromatic N) is 1. The van der Waals surface area contributed by atoms with Gasteiger partial charge in [0.05, 0.1) is 12.2 Å². The molecule has 1 rings (SSSR count). The van der Waals surface area contributed by atoms with Crippen molar-refractivity contribution in [1.82, 2.24) is 0 Å². The second-order valence-electron chi connectivity index (χ2n) is 2.77. The minimum atomic E-state index is -0.710. The van der Waals surface area contributed by atoms with Crippen LogP contribution in [0.1, 0.15) is 20.3 Å². The van der Waals surface area contributed by atoms with E-state index in [0.29, 0.717) is 24.3 Å². The zero-order chi connectivity index (χ0) is 9.84. The SMILES string of the molecule is CCOC(=O)C1=CCC(O)N=C1C. The minimum absolute atomic E-state index is 0.353. The van der Waals surface area contributed by atoms with E-state index in [1.54, 1.807) is 19.9 Å². The number of hydrogen-bond acceptors (Lipinski definition) is 4. The smallest absolute Gasteiger partial charge is 0.339 e. The quantitative estimate of drug-likeness (QED) is 0.640. The van der Waals surface area contributed by atoms with Gasteiger partial charge in [0.15, 0.2) is 0 Å². The molecule has 13 heavy (non-hydrogen) atoms. The number of aliphatic imine (C=N–C) groups is 1. The molecule has 0 saturated carbocycles. The zero-order valence-electron chi connectivity index (χ0n) is 7.78. The summed E-state index contributed by atoms with van der Waals surface area (Å²) in [6.07, 6.45) is 1.33. The van der Waals surface area contributed by atoms with Crippen LogP contribution in [0.2, 0.25) is 0 Å². The molecule has 0 amide bonds. The highest BCUT2D eigenvalue weighted by molar-refractivity contribution is 6.19. The average Bonchev–Trinajstić information content (AvgIpc) is 2.04. The summed E-state index contributed by atoms with van der Waals surface area (Å²) in [5.41, 5.74) is 1.00. The van der Waals surface area contributed by atoms with E-state index in [2.05, 4.69) is 4.99 Å². The Morgan fingerprint density at radius 3 is 3.08 bits per heavy atom. The monoisotopic (exact) mass is 183 g/mol. The van der Waals surface area contributed by atoms with Crippen LogP contribution in [-0.2, 0) is 9.53 Å². The number of hydrogen-bond donors (Lipinski definition) is 1. The van der Waals surface area contributed by atoms with Crippen LogP contribution in [0.3, 0.4) is 0 Å². The summed E-state index contributed by atoms with van der Waals surface area (Å²) < 4.78 is 4.82. The molecule has 4 heteroatoms. The van der Waals surface area contributed by atoms with E-state index in [-0.39, 0.29) is 5.97 Å². The van der Waals surface area contributed by atoms with Gasteiger partial charge in [-0.25, -0.2) is 4.79 Å². The van der Waals surface area contributed by atoms with Crippen LogP contribution < -0.4 is 0 Å². The summed E-state index contributed by atoms with van der Waals surface area (Å²) in [6, 6.07) is 0. The van der Waals surface area contributed by atoms with Crippen LogP contribution in [0.5, 0.6) is 0 Å². The molecule has 72 valence electrons. The average molecular weight is 183 g/mol. The minimum Gasteiger partial charge on any atom is -0.462 e. The molecule has 0 aromatic rings. The standard InChI is InChI=1S/C9H13NO3/c1-3-13-9(12)7-4-5-8(11)10-6(7)2/h4,8,11H,3,5H2,1-2H3. The second kappa shape index (κ2) is 4.18. The zero-order valence-corrected chi connectivity index (χ0v) is 7.78.